The molecule has 0 aliphatic carbocycles. The van der Waals surface area contributed by atoms with Crippen molar-refractivity contribution in [3.8, 4) is 0 Å². The lowest BCUT2D eigenvalue weighted by Gasteiger charge is -2.35. The molecule has 0 saturated carbocycles. The summed E-state index contributed by atoms with van der Waals surface area (Å²) in [5.41, 5.74) is 2.76. The smallest absolute Gasteiger partial charge is 0.408 e. The number of H-pyrrole nitrogens is 1. The molecule has 0 spiro atoms. The van der Waals surface area contributed by atoms with Crippen LogP contribution < -0.4 is 10.7 Å². The van der Waals surface area contributed by atoms with Gasteiger partial charge in [-0.1, -0.05) is 6.42 Å². The Balaban J connectivity index is 1.57. The van der Waals surface area contributed by atoms with Crippen molar-refractivity contribution in [1.82, 2.24) is 19.3 Å². The molecule has 1 fully saturated rings. The Morgan fingerprint density at radius 2 is 2.00 bits per heavy atom. The molecule has 2 aliphatic rings. The van der Waals surface area contributed by atoms with Crippen LogP contribution in [0.5, 0.6) is 0 Å². The number of sulfonamides is 1. The lowest BCUT2D eigenvalue weighted by atomic mass is 10.0. The molecule has 0 unspecified atom stereocenters. The molecule has 31 heavy (non-hydrogen) atoms. The van der Waals surface area contributed by atoms with E-state index < -0.39 is 21.8 Å². The fourth-order valence-electron chi connectivity index (χ4n) is 4.63. The van der Waals surface area contributed by atoms with Crippen LogP contribution >= 0.6 is 0 Å². The van der Waals surface area contributed by atoms with Crippen LogP contribution in [-0.4, -0.2) is 47.8 Å². The summed E-state index contributed by atoms with van der Waals surface area (Å²) in [5.74, 6) is 0.858. The molecular formula is C21H25N5O4S. The minimum atomic E-state index is -3.83. The Morgan fingerprint density at radius 3 is 2.84 bits per heavy atom. The zero-order valence-electron chi connectivity index (χ0n) is 17.6. The van der Waals surface area contributed by atoms with E-state index in [0.29, 0.717) is 24.3 Å². The van der Waals surface area contributed by atoms with Crippen molar-refractivity contribution in [2.75, 3.05) is 25.0 Å². The van der Waals surface area contributed by atoms with Crippen molar-refractivity contribution in [3.05, 3.63) is 45.8 Å². The van der Waals surface area contributed by atoms with Crippen LogP contribution in [0.2, 0.25) is 0 Å². The van der Waals surface area contributed by atoms with Crippen LogP contribution in [-0.2, 0) is 16.4 Å². The zero-order chi connectivity index (χ0) is 21.8. The van der Waals surface area contributed by atoms with Crippen molar-refractivity contribution in [2.24, 2.45) is 0 Å². The maximum atomic E-state index is 13.6. The van der Waals surface area contributed by atoms with E-state index in [4.69, 9.17) is 14.4 Å². The first-order valence-corrected chi connectivity index (χ1v) is 12.0. The highest BCUT2D eigenvalue weighted by Crippen LogP contribution is 2.36. The normalized spacial score (nSPS) is 20.2. The monoisotopic (exact) mass is 443 g/mol. The van der Waals surface area contributed by atoms with Gasteiger partial charge < -0.3 is 9.32 Å². The van der Waals surface area contributed by atoms with Crippen molar-refractivity contribution < 1.29 is 12.8 Å². The van der Waals surface area contributed by atoms with Gasteiger partial charge in [-0.2, -0.15) is 4.31 Å². The van der Waals surface area contributed by atoms with E-state index in [9.17, 15) is 13.2 Å². The van der Waals surface area contributed by atoms with E-state index >= 15 is 0 Å². The van der Waals surface area contributed by atoms with Gasteiger partial charge in [-0.15, -0.1) is 0 Å². The summed E-state index contributed by atoms with van der Waals surface area (Å²) >= 11 is 0. The Bertz CT molecular complexity index is 1310. The van der Waals surface area contributed by atoms with Gasteiger partial charge in [0.1, 0.15) is 11.6 Å². The molecule has 2 aliphatic heterocycles. The summed E-state index contributed by atoms with van der Waals surface area (Å²) in [6, 6.07) is 4.04. The van der Waals surface area contributed by atoms with E-state index in [-0.39, 0.29) is 10.5 Å². The Kier molecular flexibility index (Phi) is 4.86. The third kappa shape index (κ3) is 3.43. The molecule has 164 valence electrons. The first kappa shape index (κ1) is 20.2. The van der Waals surface area contributed by atoms with Gasteiger partial charge in [0.15, 0.2) is 5.58 Å². The highest BCUT2D eigenvalue weighted by atomic mass is 32.2. The number of fused-ring (bicyclic) bond motifs is 2. The van der Waals surface area contributed by atoms with Gasteiger partial charge in [0.2, 0.25) is 10.0 Å². The zero-order valence-corrected chi connectivity index (χ0v) is 18.4. The summed E-state index contributed by atoms with van der Waals surface area (Å²) < 4.78 is 33.8. The molecule has 10 heteroatoms. The molecule has 5 rings (SSSR count). The van der Waals surface area contributed by atoms with Gasteiger partial charge in [-0.05, 0) is 44.7 Å². The molecule has 9 nitrogen and oxygen atoms in total. The first-order valence-electron chi connectivity index (χ1n) is 10.6. The summed E-state index contributed by atoms with van der Waals surface area (Å²) in [5, 5.41) is 0. The van der Waals surface area contributed by atoms with Crippen LogP contribution in [0.25, 0.3) is 11.1 Å². The summed E-state index contributed by atoms with van der Waals surface area (Å²) in [6.07, 6.45) is 4.37. The number of rotatable bonds is 3. The standard InChI is InChI=1S/C21H25N5O4S/c1-13-15-6-5-10-25(2)20(15)24-19(22-13)17-7-3-4-11-26(17)31(28,29)14-8-9-16-18(12-14)30-21(27)23-16/h8-9,12,17H,3-7,10-11H2,1-2H3,(H,23,27)/t17-/m1/s1. The molecule has 1 N–H and O–H groups in total. The van der Waals surface area contributed by atoms with Gasteiger partial charge in [0, 0.05) is 37.5 Å². The molecule has 4 heterocycles. The molecule has 1 saturated heterocycles. The quantitative estimate of drug-likeness (QED) is 0.662. The maximum Gasteiger partial charge on any atom is 0.417 e. The average Bonchev–Trinajstić information content (AvgIpc) is 3.13. The highest BCUT2D eigenvalue weighted by Gasteiger charge is 2.37. The van der Waals surface area contributed by atoms with Gasteiger partial charge in [0.25, 0.3) is 0 Å². The molecule has 1 aromatic carbocycles. The molecule has 0 bridgehead atoms. The van der Waals surface area contributed by atoms with Gasteiger partial charge in [-0.3, -0.25) is 4.98 Å². The van der Waals surface area contributed by atoms with E-state index in [0.717, 1.165) is 49.3 Å². The third-order valence-electron chi connectivity index (χ3n) is 6.24. The Labute approximate surface area is 180 Å². The number of hydrogen-bond donors (Lipinski definition) is 1. The second-order valence-electron chi connectivity index (χ2n) is 8.29. The second-order valence-corrected chi connectivity index (χ2v) is 10.2. The van der Waals surface area contributed by atoms with Crippen molar-refractivity contribution in [2.45, 2.75) is 50.0 Å². The summed E-state index contributed by atoms with van der Waals surface area (Å²) in [6.45, 7) is 3.31. The number of nitrogens with zero attached hydrogens (tertiary/aromatic N) is 4. The molecular weight excluding hydrogens is 418 g/mol. The number of aromatic nitrogens is 3. The number of piperidine rings is 1. The molecule has 3 aromatic rings. The van der Waals surface area contributed by atoms with Crippen LogP contribution in [0.15, 0.2) is 32.3 Å². The Hall–Kier alpha value is -2.72. The van der Waals surface area contributed by atoms with Crippen LogP contribution in [0, 0.1) is 6.92 Å². The lowest BCUT2D eigenvalue weighted by molar-refractivity contribution is 0.246. The largest absolute Gasteiger partial charge is 0.417 e. The van der Waals surface area contributed by atoms with E-state index in [1.807, 2.05) is 14.0 Å². The number of aryl methyl sites for hydroxylation is 1. The van der Waals surface area contributed by atoms with Gasteiger partial charge >= 0.3 is 5.76 Å². The van der Waals surface area contributed by atoms with Gasteiger partial charge in [0.05, 0.1) is 16.5 Å². The number of aromatic amines is 1. The van der Waals surface area contributed by atoms with E-state index in [1.165, 1.54) is 16.4 Å². The topological polar surface area (TPSA) is 112 Å². The van der Waals surface area contributed by atoms with Gasteiger partial charge in [-0.25, -0.2) is 23.2 Å². The minimum absolute atomic E-state index is 0.0986. The summed E-state index contributed by atoms with van der Waals surface area (Å²) in [7, 11) is -1.81. The highest BCUT2D eigenvalue weighted by molar-refractivity contribution is 7.89. The SMILES string of the molecule is Cc1nc([C@H]2CCCCN2S(=O)(=O)c2ccc3[nH]c(=O)oc3c2)nc2c1CCCN2C. The minimum Gasteiger partial charge on any atom is -0.408 e. The van der Waals surface area contributed by atoms with Crippen LogP contribution in [0.4, 0.5) is 5.82 Å². The average molecular weight is 444 g/mol. The van der Waals surface area contributed by atoms with Crippen molar-refractivity contribution in [3.63, 3.8) is 0 Å². The fourth-order valence-corrected chi connectivity index (χ4v) is 6.30. The number of hydrogen-bond acceptors (Lipinski definition) is 7. The Morgan fingerprint density at radius 1 is 1.16 bits per heavy atom. The predicted octanol–water partition coefficient (Wildman–Crippen LogP) is 2.52. The number of benzene rings is 1. The van der Waals surface area contributed by atoms with E-state index in [2.05, 4.69) is 9.88 Å². The second kappa shape index (κ2) is 7.45. The van der Waals surface area contributed by atoms with Crippen molar-refractivity contribution >= 4 is 26.9 Å². The number of nitrogens with one attached hydrogen (secondary N) is 1. The first-order chi connectivity index (χ1) is 14.8. The number of oxazole rings is 1. The van der Waals surface area contributed by atoms with Crippen molar-refractivity contribution in [1.29, 1.82) is 0 Å². The molecule has 2 aromatic heterocycles. The molecule has 0 radical (unpaired) electrons. The lowest BCUT2D eigenvalue weighted by Crippen LogP contribution is -2.39. The van der Waals surface area contributed by atoms with Crippen LogP contribution in [0.1, 0.15) is 48.8 Å². The van der Waals surface area contributed by atoms with Crippen LogP contribution in [0.3, 0.4) is 0 Å². The number of anilines is 1. The predicted molar refractivity (Wildman–Crippen MR) is 116 cm³/mol. The third-order valence-corrected chi connectivity index (χ3v) is 8.15. The summed E-state index contributed by atoms with van der Waals surface area (Å²) in [4.78, 5) is 25.8. The fraction of sp³-hybridized carbons (Fsp3) is 0.476. The molecule has 1 atom stereocenters. The van der Waals surface area contributed by atoms with E-state index in [1.54, 1.807) is 6.07 Å². The maximum absolute atomic E-state index is 13.6. The molecule has 0 amide bonds.